The van der Waals surface area contributed by atoms with Gasteiger partial charge in [-0.3, -0.25) is 19.3 Å². The van der Waals surface area contributed by atoms with Gasteiger partial charge in [-0.1, -0.05) is 24.3 Å². The largest absolute Gasteiger partial charge is 0.481 e. The third-order valence-electron chi connectivity index (χ3n) is 4.90. The van der Waals surface area contributed by atoms with E-state index in [1.54, 1.807) is 12.1 Å². The molecule has 2 aromatic carbocycles. The molecule has 0 spiro atoms. The second-order valence-corrected chi connectivity index (χ2v) is 6.23. The summed E-state index contributed by atoms with van der Waals surface area (Å²) in [6, 6.07) is 10.8. The molecule has 0 radical (unpaired) electrons. The van der Waals surface area contributed by atoms with Crippen LogP contribution in [0.4, 0.5) is 0 Å². The van der Waals surface area contributed by atoms with Crippen molar-refractivity contribution in [3.8, 4) is 0 Å². The molecule has 0 aromatic heterocycles. The van der Waals surface area contributed by atoms with E-state index in [4.69, 9.17) is 5.11 Å². The van der Waals surface area contributed by atoms with Crippen LogP contribution in [-0.4, -0.2) is 33.8 Å². The molecular formula is C18H15NO4. The average Bonchev–Trinajstić information content (AvgIpc) is 3.11. The molecular weight excluding hydrogens is 294 g/mol. The summed E-state index contributed by atoms with van der Waals surface area (Å²) < 4.78 is 0. The van der Waals surface area contributed by atoms with Crippen molar-refractivity contribution in [3.05, 3.63) is 47.5 Å². The number of carboxylic acids is 1. The van der Waals surface area contributed by atoms with E-state index in [2.05, 4.69) is 0 Å². The Morgan fingerprint density at radius 2 is 1.57 bits per heavy atom. The molecule has 1 aliphatic carbocycles. The lowest BCUT2D eigenvalue weighted by atomic mass is 10.0. The summed E-state index contributed by atoms with van der Waals surface area (Å²) in [4.78, 5) is 37.7. The minimum atomic E-state index is -0.852. The second-order valence-electron chi connectivity index (χ2n) is 6.23. The van der Waals surface area contributed by atoms with Gasteiger partial charge in [-0.2, -0.15) is 0 Å². The third-order valence-corrected chi connectivity index (χ3v) is 4.90. The Balaban J connectivity index is 1.72. The number of hydrogen-bond donors (Lipinski definition) is 1. The summed E-state index contributed by atoms with van der Waals surface area (Å²) >= 11 is 0. The van der Waals surface area contributed by atoms with Crippen molar-refractivity contribution in [2.24, 2.45) is 5.92 Å². The number of imide groups is 1. The molecule has 2 aliphatic rings. The molecule has 1 fully saturated rings. The smallest absolute Gasteiger partial charge is 0.306 e. The summed E-state index contributed by atoms with van der Waals surface area (Å²) in [5.41, 5.74) is 0.847. The monoisotopic (exact) mass is 309 g/mol. The first-order valence-electron chi connectivity index (χ1n) is 7.70. The fourth-order valence-electron chi connectivity index (χ4n) is 3.69. The second kappa shape index (κ2) is 4.91. The van der Waals surface area contributed by atoms with Crippen LogP contribution in [0.2, 0.25) is 0 Å². The molecule has 23 heavy (non-hydrogen) atoms. The highest BCUT2D eigenvalue weighted by atomic mass is 16.4. The lowest BCUT2D eigenvalue weighted by molar-refractivity contribution is -0.141. The molecule has 1 N–H and O–H groups in total. The Morgan fingerprint density at radius 3 is 2.04 bits per heavy atom. The maximum atomic E-state index is 12.7. The Kier molecular flexibility index (Phi) is 2.98. The molecule has 116 valence electrons. The number of fused-ring (bicyclic) bond motifs is 2. The SMILES string of the molecule is O=C(O)C1CCC(N2C(=O)c3cc4ccccc4cc3C2=O)C1. The molecule has 1 heterocycles. The van der Waals surface area contributed by atoms with Crippen LogP contribution in [0.5, 0.6) is 0 Å². The highest BCUT2D eigenvalue weighted by Crippen LogP contribution is 2.36. The van der Waals surface area contributed by atoms with Crippen LogP contribution in [0.25, 0.3) is 10.8 Å². The first-order chi connectivity index (χ1) is 11.1. The number of carbonyl (C=O) groups is 3. The minimum Gasteiger partial charge on any atom is -0.481 e. The molecule has 0 bridgehead atoms. The molecule has 2 unspecified atom stereocenters. The molecule has 0 saturated heterocycles. The van der Waals surface area contributed by atoms with Crippen LogP contribution in [0, 0.1) is 5.92 Å². The summed E-state index contributed by atoms with van der Waals surface area (Å²) in [6.07, 6.45) is 1.41. The molecule has 2 amide bonds. The fourth-order valence-corrected chi connectivity index (χ4v) is 3.69. The van der Waals surface area contributed by atoms with Gasteiger partial charge in [0.05, 0.1) is 17.0 Å². The Labute approximate surface area is 132 Å². The van der Waals surface area contributed by atoms with E-state index >= 15 is 0 Å². The average molecular weight is 309 g/mol. The van der Waals surface area contributed by atoms with E-state index in [1.165, 1.54) is 4.90 Å². The van der Waals surface area contributed by atoms with E-state index in [9.17, 15) is 14.4 Å². The van der Waals surface area contributed by atoms with Crippen LogP contribution in [0.3, 0.4) is 0 Å². The normalized spacial score (nSPS) is 23.6. The van der Waals surface area contributed by atoms with Crippen LogP contribution >= 0.6 is 0 Å². The zero-order valence-corrected chi connectivity index (χ0v) is 12.4. The Bertz CT molecular complexity index is 803. The van der Waals surface area contributed by atoms with Gasteiger partial charge in [-0.25, -0.2) is 0 Å². The molecule has 2 atom stereocenters. The van der Waals surface area contributed by atoms with Gasteiger partial charge in [0.1, 0.15) is 0 Å². The number of carbonyl (C=O) groups excluding carboxylic acids is 2. The lowest BCUT2D eigenvalue weighted by Gasteiger charge is -2.21. The molecule has 5 nitrogen and oxygen atoms in total. The minimum absolute atomic E-state index is 0.299. The van der Waals surface area contributed by atoms with Crippen molar-refractivity contribution in [2.45, 2.75) is 25.3 Å². The van der Waals surface area contributed by atoms with E-state index in [1.807, 2.05) is 24.3 Å². The molecule has 5 heteroatoms. The number of aliphatic carboxylic acids is 1. The Morgan fingerprint density at radius 1 is 1.00 bits per heavy atom. The van der Waals surface area contributed by atoms with Crippen molar-refractivity contribution >= 4 is 28.6 Å². The molecule has 1 aliphatic heterocycles. The van der Waals surface area contributed by atoms with Gasteiger partial charge < -0.3 is 5.11 Å². The predicted molar refractivity (Wildman–Crippen MR) is 83.2 cm³/mol. The topological polar surface area (TPSA) is 74.7 Å². The molecule has 4 rings (SSSR count). The highest BCUT2D eigenvalue weighted by Gasteiger charge is 2.44. The third kappa shape index (κ3) is 2.04. The van der Waals surface area contributed by atoms with Crippen LogP contribution in [0.15, 0.2) is 36.4 Å². The first-order valence-corrected chi connectivity index (χ1v) is 7.70. The molecule has 2 aromatic rings. The number of carboxylic acid groups (broad SMARTS) is 1. The van der Waals surface area contributed by atoms with Crippen LogP contribution in [-0.2, 0) is 4.79 Å². The van der Waals surface area contributed by atoms with Gasteiger partial charge in [-0.15, -0.1) is 0 Å². The van der Waals surface area contributed by atoms with Crippen molar-refractivity contribution in [2.75, 3.05) is 0 Å². The standard InChI is InChI=1S/C18H15NO4/c20-16-14-8-10-3-1-2-4-11(10)9-15(14)17(21)19(16)13-6-5-12(7-13)18(22)23/h1-4,8-9,12-13H,5-7H2,(H,22,23). The van der Waals surface area contributed by atoms with Gasteiger partial charge >= 0.3 is 5.97 Å². The number of nitrogens with zero attached hydrogens (tertiary/aromatic N) is 1. The van der Waals surface area contributed by atoms with E-state index in [0.29, 0.717) is 30.4 Å². The van der Waals surface area contributed by atoms with Crippen molar-refractivity contribution in [3.63, 3.8) is 0 Å². The summed E-state index contributed by atoms with van der Waals surface area (Å²) in [5, 5.41) is 11.0. The number of rotatable bonds is 2. The fraction of sp³-hybridized carbons (Fsp3) is 0.278. The van der Waals surface area contributed by atoms with Crippen molar-refractivity contribution in [1.29, 1.82) is 0 Å². The van der Waals surface area contributed by atoms with Gasteiger partial charge in [-0.05, 0) is 42.2 Å². The number of amides is 2. The van der Waals surface area contributed by atoms with Crippen LogP contribution < -0.4 is 0 Å². The Hall–Kier alpha value is -2.69. The maximum Gasteiger partial charge on any atom is 0.306 e. The van der Waals surface area contributed by atoms with Crippen LogP contribution in [0.1, 0.15) is 40.0 Å². The number of hydrogen-bond acceptors (Lipinski definition) is 3. The van der Waals surface area contributed by atoms with Gasteiger partial charge in [0, 0.05) is 6.04 Å². The van der Waals surface area contributed by atoms with E-state index < -0.39 is 11.9 Å². The van der Waals surface area contributed by atoms with Crippen molar-refractivity contribution in [1.82, 2.24) is 4.90 Å². The highest BCUT2D eigenvalue weighted by molar-refractivity contribution is 6.23. The quantitative estimate of drug-likeness (QED) is 0.866. The summed E-state index contributed by atoms with van der Waals surface area (Å²) in [6.45, 7) is 0. The number of benzene rings is 2. The van der Waals surface area contributed by atoms with Gasteiger partial charge in [0.2, 0.25) is 0 Å². The zero-order chi connectivity index (χ0) is 16.1. The van der Waals surface area contributed by atoms with E-state index in [0.717, 1.165) is 10.8 Å². The van der Waals surface area contributed by atoms with Gasteiger partial charge in [0.15, 0.2) is 0 Å². The lowest BCUT2D eigenvalue weighted by Crippen LogP contribution is -2.38. The zero-order valence-electron chi connectivity index (χ0n) is 12.4. The first kappa shape index (κ1) is 13.9. The predicted octanol–water partition coefficient (Wildman–Crippen LogP) is 2.69. The molecule has 1 saturated carbocycles. The maximum absolute atomic E-state index is 12.7. The van der Waals surface area contributed by atoms with E-state index in [-0.39, 0.29) is 17.9 Å². The summed E-state index contributed by atoms with van der Waals surface area (Å²) in [5.74, 6) is -1.92. The van der Waals surface area contributed by atoms with Crippen molar-refractivity contribution < 1.29 is 19.5 Å². The van der Waals surface area contributed by atoms with Gasteiger partial charge in [0.25, 0.3) is 11.8 Å². The summed E-state index contributed by atoms with van der Waals surface area (Å²) in [7, 11) is 0.